The van der Waals surface area contributed by atoms with Gasteiger partial charge in [0.2, 0.25) is 5.95 Å². The van der Waals surface area contributed by atoms with Crippen LogP contribution in [0.25, 0.3) is 113 Å². The minimum absolute atomic E-state index is 0.672. The quantitative estimate of drug-likeness (QED) is 0.180. The van der Waals surface area contributed by atoms with Gasteiger partial charge >= 0.3 is 0 Å². The predicted octanol–water partition coefficient (Wildman–Crippen LogP) is 14.5. The molecular weight excluding hydrogens is 707 g/mol. The van der Waals surface area contributed by atoms with Crippen LogP contribution in [0.3, 0.4) is 0 Å². The minimum atomic E-state index is 0.672. The second-order valence-corrected chi connectivity index (χ2v) is 16.3. The summed E-state index contributed by atoms with van der Waals surface area (Å²) in [6.45, 7) is 0. The Morgan fingerprint density at radius 3 is 1.73 bits per heavy atom. The van der Waals surface area contributed by atoms with Gasteiger partial charge in [-0.1, -0.05) is 127 Å². The molecule has 0 spiro atoms. The highest BCUT2D eigenvalue weighted by atomic mass is 32.1. The zero-order chi connectivity index (χ0) is 36.0. The van der Waals surface area contributed by atoms with E-state index in [1.54, 1.807) is 0 Å². The molecule has 0 atom stereocenters. The molecule has 5 heteroatoms. The molecule has 0 aliphatic heterocycles. The number of hydrogen-bond donors (Lipinski definition) is 0. The average Bonchev–Trinajstić information content (AvgIpc) is 3.92. The minimum Gasteiger partial charge on any atom is -0.278 e. The van der Waals surface area contributed by atoms with Gasteiger partial charge in [0.25, 0.3) is 0 Å². The summed E-state index contributed by atoms with van der Waals surface area (Å²) in [6.07, 6.45) is 0. The summed E-state index contributed by atoms with van der Waals surface area (Å²) in [6, 6.07) is 63.6. The van der Waals surface area contributed by atoms with E-state index in [1.807, 2.05) is 22.7 Å². The normalized spacial score (nSPS) is 12.0. The van der Waals surface area contributed by atoms with Crippen LogP contribution in [0, 0.1) is 0 Å². The summed E-state index contributed by atoms with van der Waals surface area (Å²) >= 11 is 3.69. The summed E-state index contributed by atoms with van der Waals surface area (Å²) in [5.74, 6) is 0.672. The van der Waals surface area contributed by atoms with Crippen molar-refractivity contribution in [1.29, 1.82) is 0 Å². The van der Waals surface area contributed by atoms with Gasteiger partial charge in [-0.05, 0) is 70.8 Å². The van der Waals surface area contributed by atoms with Crippen LogP contribution in [0.1, 0.15) is 0 Å². The van der Waals surface area contributed by atoms with Crippen molar-refractivity contribution in [3.8, 4) is 39.5 Å². The van der Waals surface area contributed by atoms with Crippen LogP contribution < -0.4 is 0 Å². The Bertz CT molecular complexity index is 3500. The maximum Gasteiger partial charge on any atom is 0.235 e. The molecular formula is C50H29N3S2. The van der Waals surface area contributed by atoms with Gasteiger partial charge in [-0.2, -0.15) is 0 Å². The summed E-state index contributed by atoms with van der Waals surface area (Å²) in [4.78, 5) is 10.7. The van der Waals surface area contributed by atoms with Crippen molar-refractivity contribution < 1.29 is 0 Å². The van der Waals surface area contributed by atoms with Gasteiger partial charge in [0.05, 0.1) is 22.2 Å². The topological polar surface area (TPSA) is 30.7 Å². The van der Waals surface area contributed by atoms with Crippen molar-refractivity contribution in [3.05, 3.63) is 176 Å². The van der Waals surface area contributed by atoms with Crippen LogP contribution in [-0.4, -0.2) is 14.5 Å². The Morgan fingerprint density at radius 2 is 0.927 bits per heavy atom. The first-order chi connectivity index (χ1) is 27.2. The van der Waals surface area contributed by atoms with Gasteiger partial charge in [0, 0.05) is 62.1 Å². The van der Waals surface area contributed by atoms with E-state index in [4.69, 9.17) is 9.97 Å². The molecule has 256 valence electrons. The van der Waals surface area contributed by atoms with E-state index in [0.29, 0.717) is 5.95 Å². The van der Waals surface area contributed by atoms with Gasteiger partial charge in [-0.3, -0.25) is 4.57 Å². The Balaban J connectivity index is 0.993. The molecule has 0 unspecified atom stereocenters. The second-order valence-electron chi connectivity index (χ2n) is 14.1. The summed E-state index contributed by atoms with van der Waals surface area (Å²) < 4.78 is 7.43. The third kappa shape index (κ3) is 4.74. The Hall–Kier alpha value is -6.66. The van der Waals surface area contributed by atoms with E-state index in [9.17, 15) is 0 Å². The van der Waals surface area contributed by atoms with E-state index in [2.05, 4.69) is 180 Å². The standard InChI is InChI=1S/C50H29N3S2/c1-5-16-42-38(13-1)48(39-15-9-14-37-35-11-3-8-19-46(35)55-49(37)39)52-50(51-42)53-43-17-6-2-10-34(43)40-28-32(24-26-44(40)53)30-20-22-31(23-21-30)33-25-27-47-41(29-33)36-12-4-7-18-45(36)54-47/h1-29H. The molecule has 0 N–H and O–H groups in total. The lowest BCUT2D eigenvalue weighted by Crippen LogP contribution is -2.03. The largest absolute Gasteiger partial charge is 0.278 e. The van der Waals surface area contributed by atoms with E-state index in [1.165, 1.54) is 73.4 Å². The van der Waals surface area contributed by atoms with Crippen molar-refractivity contribution in [2.24, 2.45) is 0 Å². The van der Waals surface area contributed by atoms with E-state index in [0.717, 1.165) is 33.2 Å². The van der Waals surface area contributed by atoms with Crippen molar-refractivity contribution in [3.63, 3.8) is 0 Å². The number of benzene rings is 8. The van der Waals surface area contributed by atoms with Gasteiger partial charge in [-0.15, -0.1) is 22.7 Å². The highest BCUT2D eigenvalue weighted by Crippen LogP contribution is 2.42. The van der Waals surface area contributed by atoms with Crippen LogP contribution in [0.2, 0.25) is 0 Å². The Kier molecular flexibility index (Phi) is 6.67. The molecule has 55 heavy (non-hydrogen) atoms. The number of thiophene rings is 2. The molecule has 0 aliphatic rings. The number of para-hydroxylation sites is 2. The maximum atomic E-state index is 5.44. The SMILES string of the molecule is c1ccc2c(-c3cccc4c3sc3ccccc34)nc(-n3c4ccccc4c4cc(-c5ccc(-c6ccc7sc8ccccc8c7c6)cc5)ccc43)nc2c1. The van der Waals surface area contributed by atoms with Crippen molar-refractivity contribution >= 4 is 95.7 Å². The number of hydrogen-bond acceptors (Lipinski definition) is 4. The number of rotatable bonds is 4. The number of fused-ring (bicyclic) bond motifs is 10. The first kappa shape index (κ1) is 30.8. The van der Waals surface area contributed by atoms with Gasteiger partial charge < -0.3 is 0 Å². The molecule has 4 aromatic heterocycles. The van der Waals surface area contributed by atoms with E-state index in [-0.39, 0.29) is 0 Å². The molecule has 0 bridgehead atoms. The van der Waals surface area contributed by atoms with E-state index >= 15 is 0 Å². The van der Waals surface area contributed by atoms with E-state index < -0.39 is 0 Å². The first-order valence-electron chi connectivity index (χ1n) is 18.5. The lowest BCUT2D eigenvalue weighted by atomic mass is 9.98. The average molecular weight is 736 g/mol. The molecule has 4 heterocycles. The van der Waals surface area contributed by atoms with Gasteiger partial charge in [0.1, 0.15) is 0 Å². The third-order valence-corrected chi connectivity index (χ3v) is 13.4. The molecule has 12 aromatic rings. The Morgan fingerprint density at radius 1 is 0.364 bits per heavy atom. The zero-order valence-electron chi connectivity index (χ0n) is 29.4. The second kappa shape index (κ2) is 11.9. The molecule has 0 aliphatic carbocycles. The fourth-order valence-corrected chi connectivity index (χ4v) is 10.7. The fourth-order valence-electron chi connectivity index (χ4n) is 8.43. The molecule has 8 aromatic carbocycles. The van der Waals surface area contributed by atoms with Crippen LogP contribution in [0.15, 0.2) is 176 Å². The van der Waals surface area contributed by atoms with Crippen molar-refractivity contribution in [2.45, 2.75) is 0 Å². The highest BCUT2D eigenvalue weighted by Gasteiger charge is 2.20. The van der Waals surface area contributed by atoms with Gasteiger partial charge in [0.15, 0.2) is 0 Å². The number of aromatic nitrogens is 3. The van der Waals surface area contributed by atoms with Crippen molar-refractivity contribution in [1.82, 2.24) is 14.5 Å². The third-order valence-electron chi connectivity index (χ3n) is 11.1. The molecule has 0 radical (unpaired) electrons. The van der Waals surface area contributed by atoms with Crippen molar-refractivity contribution in [2.75, 3.05) is 0 Å². The predicted molar refractivity (Wildman–Crippen MR) is 236 cm³/mol. The molecule has 3 nitrogen and oxygen atoms in total. The monoisotopic (exact) mass is 735 g/mol. The highest BCUT2D eigenvalue weighted by molar-refractivity contribution is 7.26. The van der Waals surface area contributed by atoms with Crippen LogP contribution in [0.5, 0.6) is 0 Å². The van der Waals surface area contributed by atoms with Crippen LogP contribution in [0.4, 0.5) is 0 Å². The summed E-state index contributed by atoms with van der Waals surface area (Å²) in [7, 11) is 0. The number of nitrogens with zero attached hydrogens (tertiary/aromatic N) is 3. The maximum absolute atomic E-state index is 5.44. The molecule has 0 fully saturated rings. The lowest BCUT2D eigenvalue weighted by Gasteiger charge is -2.12. The van der Waals surface area contributed by atoms with Crippen LogP contribution >= 0.6 is 22.7 Å². The fraction of sp³-hybridized carbons (Fsp3) is 0. The van der Waals surface area contributed by atoms with Crippen LogP contribution in [-0.2, 0) is 0 Å². The molecule has 0 saturated heterocycles. The lowest BCUT2D eigenvalue weighted by molar-refractivity contribution is 1.01. The van der Waals surface area contributed by atoms with Gasteiger partial charge in [-0.25, -0.2) is 9.97 Å². The molecule has 0 amide bonds. The summed E-state index contributed by atoms with van der Waals surface area (Å²) in [5.41, 5.74) is 9.99. The first-order valence-corrected chi connectivity index (χ1v) is 20.1. The Labute approximate surface area is 324 Å². The summed E-state index contributed by atoms with van der Waals surface area (Å²) in [5, 5.41) is 8.60. The smallest absolute Gasteiger partial charge is 0.235 e. The molecule has 0 saturated carbocycles. The molecule has 12 rings (SSSR count). The zero-order valence-corrected chi connectivity index (χ0v) is 31.0.